The molecule has 17 heavy (non-hydrogen) atoms. The zero-order valence-electron chi connectivity index (χ0n) is 9.88. The number of sulfonamides is 1. The minimum Gasteiger partial charge on any atom is -0.274 e. The molecule has 6 heteroatoms. The van der Waals surface area contributed by atoms with Crippen LogP contribution in [0.5, 0.6) is 0 Å². The second kappa shape index (κ2) is 5.77. The van der Waals surface area contributed by atoms with Crippen molar-refractivity contribution in [2.75, 3.05) is 0 Å². The lowest BCUT2D eigenvalue weighted by molar-refractivity contribution is -0.123. The van der Waals surface area contributed by atoms with E-state index < -0.39 is 15.9 Å². The summed E-state index contributed by atoms with van der Waals surface area (Å²) in [5.74, 6) is -0.736. The van der Waals surface area contributed by atoms with Gasteiger partial charge in [-0.2, -0.15) is 0 Å². The van der Waals surface area contributed by atoms with Crippen molar-refractivity contribution in [3.05, 3.63) is 24.5 Å². The highest BCUT2D eigenvalue weighted by molar-refractivity contribution is 7.90. The van der Waals surface area contributed by atoms with Crippen molar-refractivity contribution in [1.82, 2.24) is 9.71 Å². The standard InChI is InChI=1S/C11H16N2O3S/c1-3-9(4-2)11(14)13-17(15,16)10-6-5-7-12-8-10/h5-9H,3-4H2,1-2H3,(H,13,14). The number of pyridine rings is 1. The van der Waals surface area contributed by atoms with Gasteiger partial charge in [0.1, 0.15) is 4.90 Å². The maximum Gasteiger partial charge on any atom is 0.265 e. The molecule has 0 radical (unpaired) electrons. The molecule has 1 amide bonds. The van der Waals surface area contributed by atoms with Gasteiger partial charge in [0.15, 0.2) is 0 Å². The number of hydrogen-bond donors (Lipinski definition) is 1. The zero-order chi connectivity index (χ0) is 12.9. The van der Waals surface area contributed by atoms with Crippen LogP contribution in [-0.4, -0.2) is 19.3 Å². The zero-order valence-corrected chi connectivity index (χ0v) is 10.7. The van der Waals surface area contributed by atoms with Crippen molar-refractivity contribution in [3.8, 4) is 0 Å². The molecule has 1 N–H and O–H groups in total. The van der Waals surface area contributed by atoms with Gasteiger partial charge in [-0.15, -0.1) is 0 Å². The fourth-order valence-corrected chi connectivity index (χ4v) is 2.45. The quantitative estimate of drug-likeness (QED) is 0.862. The average Bonchev–Trinajstić information content (AvgIpc) is 2.31. The summed E-state index contributed by atoms with van der Waals surface area (Å²) in [5, 5.41) is 0. The molecule has 0 saturated heterocycles. The van der Waals surface area contributed by atoms with Crippen molar-refractivity contribution >= 4 is 15.9 Å². The maximum atomic E-state index is 11.8. The Balaban J connectivity index is 2.85. The fourth-order valence-electron chi connectivity index (χ4n) is 1.44. The van der Waals surface area contributed by atoms with Gasteiger partial charge in [0, 0.05) is 18.3 Å². The van der Waals surface area contributed by atoms with Gasteiger partial charge in [-0.3, -0.25) is 9.78 Å². The summed E-state index contributed by atoms with van der Waals surface area (Å²) in [4.78, 5) is 15.4. The highest BCUT2D eigenvalue weighted by Crippen LogP contribution is 2.11. The summed E-state index contributed by atoms with van der Waals surface area (Å²) >= 11 is 0. The fraction of sp³-hybridized carbons (Fsp3) is 0.455. The van der Waals surface area contributed by atoms with Crippen molar-refractivity contribution in [1.29, 1.82) is 0 Å². The van der Waals surface area contributed by atoms with Crippen LogP contribution in [0.25, 0.3) is 0 Å². The Kier molecular flexibility index (Phi) is 4.62. The Morgan fingerprint density at radius 2 is 2.06 bits per heavy atom. The normalized spacial score (nSPS) is 11.5. The number of nitrogens with one attached hydrogen (secondary N) is 1. The van der Waals surface area contributed by atoms with Gasteiger partial charge >= 0.3 is 0 Å². The number of aromatic nitrogens is 1. The molecule has 1 heterocycles. The molecule has 0 bridgehead atoms. The molecule has 0 aliphatic rings. The van der Waals surface area contributed by atoms with Crippen LogP contribution in [0.4, 0.5) is 0 Å². The van der Waals surface area contributed by atoms with Crippen LogP contribution < -0.4 is 4.72 Å². The molecule has 94 valence electrons. The first kappa shape index (κ1) is 13.6. The maximum absolute atomic E-state index is 11.8. The molecule has 0 aromatic carbocycles. The average molecular weight is 256 g/mol. The molecule has 1 rings (SSSR count). The molecule has 1 aromatic heterocycles. The number of nitrogens with zero attached hydrogens (tertiary/aromatic N) is 1. The van der Waals surface area contributed by atoms with E-state index in [0.717, 1.165) is 0 Å². The van der Waals surface area contributed by atoms with Crippen molar-refractivity contribution in [2.24, 2.45) is 5.92 Å². The van der Waals surface area contributed by atoms with Crippen LogP contribution in [0, 0.1) is 5.92 Å². The largest absolute Gasteiger partial charge is 0.274 e. The first-order valence-electron chi connectivity index (χ1n) is 5.48. The lowest BCUT2D eigenvalue weighted by Gasteiger charge is -2.12. The summed E-state index contributed by atoms with van der Waals surface area (Å²) in [6.45, 7) is 3.70. The summed E-state index contributed by atoms with van der Waals surface area (Å²) < 4.78 is 25.7. The van der Waals surface area contributed by atoms with Gasteiger partial charge in [0.2, 0.25) is 5.91 Å². The van der Waals surface area contributed by atoms with E-state index in [0.29, 0.717) is 12.8 Å². The predicted molar refractivity (Wildman–Crippen MR) is 63.6 cm³/mol. The van der Waals surface area contributed by atoms with E-state index in [1.807, 2.05) is 13.8 Å². The third kappa shape index (κ3) is 3.52. The van der Waals surface area contributed by atoms with Crippen LogP contribution in [0.2, 0.25) is 0 Å². The number of carbonyl (C=O) groups is 1. The summed E-state index contributed by atoms with van der Waals surface area (Å²) in [7, 11) is -3.79. The predicted octanol–water partition coefficient (Wildman–Crippen LogP) is 1.32. The van der Waals surface area contributed by atoms with Gasteiger partial charge in [0.25, 0.3) is 10.0 Å². The molecule has 0 spiro atoms. The first-order valence-corrected chi connectivity index (χ1v) is 6.96. The van der Waals surface area contributed by atoms with Crippen LogP contribution >= 0.6 is 0 Å². The van der Waals surface area contributed by atoms with Crippen LogP contribution in [0.1, 0.15) is 26.7 Å². The molecule has 0 fully saturated rings. The molecular formula is C11H16N2O3S. The summed E-state index contributed by atoms with van der Waals surface area (Å²) in [6.07, 6.45) is 3.92. The Labute approximate surface area is 101 Å². The van der Waals surface area contributed by atoms with Crippen molar-refractivity contribution < 1.29 is 13.2 Å². The van der Waals surface area contributed by atoms with Gasteiger partial charge in [-0.05, 0) is 25.0 Å². The summed E-state index contributed by atoms with van der Waals surface area (Å²) in [6, 6.07) is 2.91. The van der Waals surface area contributed by atoms with E-state index >= 15 is 0 Å². The van der Waals surface area contributed by atoms with Gasteiger partial charge in [0.05, 0.1) is 0 Å². The van der Waals surface area contributed by atoms with E-state index in [9.17, 15) is 13.2 Å². The molecule has 0 aliphatic carbocycles. The molecule has 0 atom stereocenters. The van der Waals surface area contributed by atoms with Crippen LogP contribution in [0.15, 0.2) is 29.4 Å². The molecule has 5 nitrogen and oxygen atoms in total. The van der Waals surface area contributed by atoms with E-state index in [4.69, 9.17) is 0 Å². The lowest BCUT2D eigenvalue weighted by Crippen LogP contribution is -2.35. The third-order valence-corrected chi connectivity index (χ3v) is 3.87. The minimum atomic E-state index is -3.79. The van der Waals surface area contributed by atoms with Crippen LogP contribution in [0.3, 0.4) is 0 Å². The van der Waals surface area contributed by atoms with Gasteiger partial charge in [-0.25, -0.2) is 13.1 Å². The Bertz CT molecular complexity index is 467. The number of amides is 1. The van der Waals surface area contributed by atoms with E-state index in [2.05, 4.69) is 9.71 Å². The van der Waals surface area contributed by atoms with E-state index in [1.165, 1.54) is 24.5 Å². The topological polar surface area (TPSA) is 76.1 Å². The molecule has 1 aromatic rings. The Hall–Kier alpha value is -1.43. The van der Waals surface area contributed by atoms with E-state index in [1.54, 1.807) is 0 Å². The summed E-state index contributed by atoms with van der Waals surface area (Å²) in [5.41, 5.74) is 0. The SMILES string of the molecule is CCC(CC)C(=O)NS(=O)(=O)c1cccnc1. The second-order valence-electron chi connectivity index (χ2n) is 3.67. The highest BCUT2D eigenvalue weighted by atomic mass is 32.2. The number of hydrogen-bond acceptors (Lipinski definition) is 4. The Morgan fingerprint density at radius 1 is 1.41 bits per heavy atom. The second-order valence-corrected chi connectivity index (χ2v) is 5.35. The monoisotopic (exact) mass is 256 g/mol. The van der Waals surface area contributed by atoms with E-state index in [-0.39, 0.29) is 10.8 Å². The Morgan fingerprint density at radius 3 is 2.53 bits per heavy atom. The third-order valence-electron chi connectivity index (χ3n) is 2.54. The number of carbonyl (C=O) groups excluding carboxylic acids is 1. The van der Waals surface area contributed by atoms with Crippen molar-refractivity contribution in [3.63, 3.8) is 0 Å². The van der Waals surface area contributed by atoms with Crippen LogP contribution in [-0.2, 0) is 14.8 Å². The molecular weight excluding hydrogens is 240 g/mol. The molecule has 0 aliphatic heterocycles. The van der Waals surface area contributed by atoms with Crippen molar-refractivity contribution in [2.45, 2.75) is 31.6 Å². The molecule has 0 saturated carbocycles. The smallest absolute Gasteiger partial charge is 0.265 e. The van der Waals surface area contributed by atoms with Gasteiger partial charge < -0.3 is 0 Å². The first-order chi connectivity index (χ1) is 8.01. The highest BCUT2D eigenvalue weighted by Gasteiger charge is 2.22. The van der Waals surface area contributed by atoms with Gasteiger partial charge in [-0.1, -0.05) is 13.8 Å². The minimum absolute atomic E-state index is 0.000642. The number of rotatable bonds is 5. The molecule has 0 unspecified atom stereocenters. The lowest BCUT2D eigenvalue weighted by atomic mass is 10.0.